The summed E-state index contributed by atoms with van der Waals surface area (Å²) >= 11 is 0. The van der Waals surface area contributed by atoms with Crippen molar-refractivity contribution >= 4 is 11.6 Å². The molecule has 0 heterocycles. The van der Waals surface area contributed by atoms with Crippen molar-refractivity contribution < 1.29 is 9.72 Å². The Morgan fingerprint density at radius 3 is 2.17 bits per heavy atom. The molecule has 150 valence electrons. The molecule has 1 N–H and O–H groups in total. The fraction of sp³-hybridized carbons (Fsp3) is 0.240. The predicted molar refractivity (Wildman–Crippen MR) is 115 cm³/mol. The van der Waals surface area contributed by atoms with E-state index in [2.05, 4.69) is 53.8 Å². The number of benzene rings is 3. The highest BCUT2D eigenvalue weighted by Gasteiger charge is 2.43. The van der Waals surface area contributed by atoms with E-state index in [4.69, 9.17) is 0 Å². The molecule has 1 unspecified atom stereocenters. The number of para-hydroxylation sites is 1. The van der Waals surface area contributed by atoms with Gasteiger partial charge in [-0.15, -0.1) is 0 Å². The van der Waals surface area contributed by atoms with E-state index in [0.717, 1.165) is 6.42 Å². The lowest BCUT2D eigenvalue weighted by Gasteiger charge is -2.45. The number of nitrogens with zero attached hydrogens (tertiary/aromatic N) is 1. The van der Waals surface area contributed by atoms with Crippen LogP contribution >= 0.6 is 0 Å². The zero-order valence-corrected chi connectivity index (χ0v) is 16.7. The van der Waals surface area contributed by atoms with Gasteiger partial charge in [0.15, 0.2) is 0 Å². The third kappa shape index (κ3) is 2.81. The number of rotatable bonds is 4. The highest BCUT2D eigenvalue weighted by Crippen LogP contribution is 2.55. The predicted octanol–water partition coefficient (Wildman–Crippen LogP) is 4.93. The van der Waals surface area contributed by atoms with Crippen LogP contribution in [0.25, 0.3) is 0 Å². The van der Waals surface area contributed by atoms with Crippen LogP contribution in [0.3, 0.4) is 0 Å². The molecule has 0 saturated heterocycles. The molecule has 5 heteroatoms. The van der Waals surface area contributed by atoms with E-state index in [1.54, 1.807) is 19.1 Å². The number of aryl methyl sites for hydroxylation is 1. The smallest absolute Gasteiger partial charge is 0.285 e. The van der Waals surface area contributed by atoms with Gasteiger partial charge in [0.1, 0.15) is 5.56 Å². The average molecular weight is 398 g/mol. The fourth-order valence-corrected chi connectivity index (χ4v) is 5.36. The summed E-state index contributed by atoms with van der Waals surface area (Å²) < 4.78 is 0. The van der Waals surface area contributed by atoms with Gasteiger partial charge < -0.3 is 5.32 Å². The molecule has 5 nitrogen and oxygen atoms in total. The third-order valence-electron chi connectivity index (χ3n) is 6.61. The minimum Gasteiger partial charge on any atom is -0.352 e. The molecule has 0 spiro atoms. The Morgan fingerprint density at radius 2 is 1.57 bits per heavy atom. The standard InChI is InChI=1S/C25H22N2O3/c1-15-7-6-12-21(24(15)27(29)30)25(28)26-14-16-13-22-17-8-2-4-10-19(17)23(16)20-11-5-3-9-18(20)22/h2-12,16,22-23H,13-14H2,1H3,(H,26,28). The van der Waals surface area contributed by atoms with E-state index in [0.29, 0.717) is 18.0 Å². The largest absolute Gasteiger partial charge is 0.352 e. The normalized spacial score (nSPS) is 20.9. The fourth-order valence-electron chi connectivity index (χ4n) is 5.36. The van der Waals surface area contributed by atoms with Gasteiger partial charge in [0.05, 0.1) is 4.92 Å². The quantitative estimate of drug-likeness (QED) is 0.500. The van der Waals surface area contributed by atoms with E-state index >= 15 is 0 Å². The SMILES string of the molecule is Cc1cccc(C(=O)NCC2CC3c4ccccc4C2c2ccccc23)c1[N+](=O)[O-]. The Kier molecular flexibility index (Phi) is 4.39. The van der Waals surface area contributed by atoms with E-state index in [1.165, 1.54) is 28.3 Å². The second-order valence-electron chi connectivity index (χ2n) is 8.22. The lowest BCUT2D eigenvalue weighted by Crippen LogP contribution is -2.39. The number of nitro benzene ring substituents is 1. The second-order valence-corrected chi connectivity index (χ2v) is 8.22. The molecule has 30 heavy (non-hydrogen) atoms. The van der Waals surface area contributed by atoms with Crippen molar-refractivity contribution in [3.63, 3.8) is 0 Å². The molecule has 0 saturated carbocycles. The lowest BCUT2D eigenvalue weighted by atomic mass is 9.59. The first kappa shape index (κ1) is 18.6. The minimum absolute atomic E-state index is 0.115. The Hall–Kier alpha value is -3.47. The molecule has 0 radical (unpaired) electrons. The first-order valence-corrected chi connectivity index (χ1v) is 10.3. The van der Waals surface area contributed by atoms with Crippen LogP contribution in [0.1, 0.15) is 56.4 Å². The van der Waals surface area contributed by atoms with Crippen LogP contribution in [0.5, 0.6) is 0 Å². The minimum atomic E-state index is -0.473. The van der Waals surface area contributed by atoms with Gasteiger partial charge in [0.25, 0.3) is 11.6 Å². The number of nitro groups is 1. The van der Waals surface area contributed by atoms with Crippen molar-refractivity contribution in [1.82, 2.24) is 5.32 Å². The Bertz CT molecular complexity index is 1120. The molecular formula is C25H22N2O3. The summed E-state index contributed by atoms with van der Waals surface area (Å²) in [6.07, 6.45) is 0.967. The molecule has 3 aliphatic rings. The summed E-state index contributed by atoms with van der Waals surface area (Å²) in [5.74, 6) is 0.439. The number of amides is 1. The van der Waals surface area contributed by atoms with Crippen LogP contribution in [0, 0.1) is 23.0 Å². The molecule has 1 amide bonds. The topological polar surface area (TPSA) is 72.2 Å². The van der Waals surface area contributed by atoms with E-state index in [9.17, 15) is 14.9 Å². The molecule has 1 atom stereocenters. The van der Waals surface area contributed by atoms with Gasteiger partial charge in [-0.1, -0.05) is 60.7 Å². The van der Waals surface area contributed by atoms with Gasteiger partial charge in [0.2, 0.25) is 0 Å². The highest BCUT2D eigenvalue weighted by molar-refractivity contribution is 5.98. The molecule has 0 aromatic heterocycles. The summed E-state index contributed by atoms with van der Waals surface area (Å²) in [7, 11) is 0. The van der Waals surface area contributed by atoms with Crippen LogP contribution in [-0.4, -0.2) is 17.4 Å². The maximum atomic E-state index is 12.8. The first-order valence-electron chi connectivity index (χ1n) is 10.3. The average Bonchev–Trinajstić information content (AvgIpc) is 2.77. The van der Waals surface area contributed by atoms with Crippen molar-refractivity contribution in [3.05, 3.63) is 110 Å². The number of fused-ring (bicyclic) bond motifs is 1. The van der Waals surface area contributed by atoms with Crippen molar-refractivity contribution in [1.29, 1.82) is 0 Å². The van der Waals surface area contributed by atoms with Crippen LogP contribution in [0.15, 0.2) is 66.7 Å². The van der Waals surface area contributed by atoms with Crippen LogP contribution in [0.4, 0.5) is 5.69 Å². The number of carbonyl (C=O) groups excluding carboxylic acids is 1. The van der Waals surface area contributed by atoms with Gasteiger partial charge >= 0.3 is 0 Å². The summed E-state index contributed by atoms with van der Waals surface area (Å²) in [5.41, 5.74) is 5.96. The zero-order valence-electron chi connectivity index (χ0n) is 16.7. The summed E-state index contributed by atoms with van der Waals surface area (Å²) in [6, 6.07) is 22.0. The maximum Gasteiger partial charge on any atom is 0.285 e. The van der Waals surface area contributed by atoms with E-state index < -0.39 is 4.92 Å². The molecular weight excluding hydrogens is 376 g/mol. The molecule has 3 aromatic carbocycles. The Labute approximate surface area is 174 Å². The molecule has 0 aliphatic heterocycles. The molecule has 3 aliphatic carbocycles. The van der Waals surface area contributed by atoms with E-state index in [-0.39, 0.29) is 29.0 Å². The number of carbonyl (C=O) groups is 1. The molecule has 6 rings (SSSR count). The van der Waals surface area contributed by atoms with Crippen molar-refractivity contribution in [3.8, 4) is 0 Å². The molecule has 0 fully saturated rings. The van der Waals surface area contributed by atoms with Crippen LogP contribution in [0.2, 0.25) is 0 Å². The summed E-state index contributed by atoms with van der Waals surface area (Å²) in [6.45, 7) is 2.15. The number of hydrogen-bond acceptors (Lipinski definition) is 3. The maximum absolute atomic E-state index is 12.8. The van der Waals surface area contributed by atoms with Crippen molar-refractivity contribution in [2.24, 2.45) is 5.92 Å². The highest BCUT2D eigenvalue weighted by atomic mass is 16.6. The second kappa shape index (κ2) is 7.10. The van der Waals surface area contributed by atoms with Gasteiger partial charge in [-0.3, -0.25) is 14.9 Å². The Balaban J connectivity index is 1.43. The Morgan fingerprint density at radius 1 is 0.967 bits per heavy atom. The third-order valence-corrected chi connectivity index (χ3v) is 6.61. The molecule has 3 aromatic rings. The van der Waals surface area contributed by atoms with Gasteiger partial charge in [-0.2, -0.15) is 0 Å². The number of nitrogens with one attached hydrogen (secondary N) is 1. The monoisotopic (exact) mass is 398 g/mol. The van der Waals surface area contributed by atoms with Crippen molar-refractivity contribution in [2.45, 2.75) is 25.2 Å². The summed E-state index contributed by atoms with van der Waals surface area (Å²) in [4.78, 5) is 23.8. The van der Waals surface area contributed by atoms with Gasteiger partial charge in [0, 0.05) is 23.9 Å². The van der Waals surface area contributed by atoms with E-state index in [1.807, 2.05) is 0 Å². The van der Waals surface area contributed by atoms with Crippen molar-refractivity contribution in [2.75, 3.05) is 6.54 Å². The summed E-state index contributed by atoms with van der Waals surface area (Å²) in [5, 5.41) is 14.5. The lowest BCUT2D eigenvalue weighted by molar-refractivity contribution is -0.385. The van der Waals surface area contributed by atoms with Gasteiger partial charge in [-0.05, 0) is 47.6 Å². The van der Waals surface area contributed by atoms with Gasteiger partial charge in [-0.25, -0.2) is 0 Å². The first-order chi connectivity index (χ1) is 14.6. The molecule has 2 bridgehead atoms. The zero-order chi connectivity index (χ0) is 20.8. The number of hydrogen-bond donors (Lipinski definition) is 1. The van der Waals surface area contributed by atoms with Crippen LogP contribution < -0.4 is 5.32 Å². The van der Waals surface area contributed by atoms with Crippen LogP contribution in [-0.2, 0) is 0 Å².